The summed E-state index contributed by atoms with van der Waals surface area (Å²) in [5.74, 6) is 0. The third kappa shape index (κ3) is 3.48. The van der Waals surface area contributed by atoms with Gasteiger partial charge in [0.1, 0.15) is 0 Å². The Balaban J connectivity index is 1.43. The predicted molar refractivity (Wildman–Crippen MR) is 163 cm³/mol. The Kier molecular flexibility index (Phi) is 4.88. The lowest BCUT2D eigenvalue weighted by Gasteiger charge is -2.15. The molecule has 8 rings (SSSR count). The van der Waals surface area contributed by atoms with Crippen molar-refractivity contribution in [2.45, 2.75) is 0 Å². The van der Waals surface area contributed by atoms with E-state index < -0.39 is 0 Å². The van der Waals surface area contributed by atoms with Crippen LogP contribution >= 0.6 is 11.6 Å². The van der Waals surface area contributed by atoms with E-state index in [9.17, 15) is 0 Å². The third-order valence-electron chi connectivity index (χ3n) is 7.59. The molecule has 0 bridgehead atoms. The van der Waals surface area contributed by atoms with E-state index in [2.05, 4.69) is 107 Å². The van der Waals surface area contributed by atoms with Gasteiger partial charge in [0.05, 0.1) is 22.2 Å². The summed E-state index contributed by atoms with van der Waals surface area (Å²) in [7, 11) is 0. The first-order valence-corrected chi connectivity index (χ1v) is 13.3. The van der Waals surface area contributed by atoms with Gasteiger partial charge in [-0.05, 0) is 34.0 Å². The summed E-state index contributed by atoms with van der Waals surface area (Å²) in [5, 5.41) is 8.19. The van der Waals surface area contributed by atoms with Crippen LogP contribution in [0, 0.1) is 0 Å². The van der Waals surface area contributed by atoms with Gasteiger partial charge in [0.25, 0.3) is 0 Å². The molecule has 0 saturated heterocycles. The van der Waals surface area contributed by atoms with Crippen LogP contribution in [0.2, 0.25) is 5.28 Å². The second-order valence-electron chi connectivity index (χ2n) is 9.79. The van der Waals surface area contributed by atoms with E-state index >= 15 is 0 Å². The van der Waals surface area contributed by atoms with Crippen molar-refractivity contribution in [1.29, 1.82) is 0 Å². The zero-order valence-corrected chi connectivity index (χ0v) is 21.5. The van der Waals surface area contributed by atoms with Gasteiger partial charge in [0.2, 0.25) is 5.28 Å². The Hall–Kier alpha value is -4.86. The van der Waals surface area contributed by atoms with Crippen LogP contribution in [0.1, 0.15) is 0 Å². The molecular weight excluding hydrogens is 498 g/mol. The summed E-state index contributed by atoms with van der Waals surface area (Å²) in [6.45, 7) is 0. The van der Waals surface area contributed by atoms with Gasteiger partial charge in [-0.2, -0.15) is 0 Å². The number of para-hydroxylation sites is 1. The topological polar surface area (TPSA) is 38.7 Å². The minimum absolute atomic E-state index is 0.248. The van der Waals surface area contributed by atoms with E-state index in [-0.39, 0.29) is 5.28 Å². The zero-order chi connectivity index (χ0) is 25.9. The van der Waals surface area contributed by atoms with E-state index in [0.29, 0.717) is 0 Å². The smallest absolute Gasteiger partial charge is 0.223 e. The van der Waals surface area contributed by atoms with E-state index in [1.54, 1.807) is 0 Å². The molecule has 0 spiro atoms. The Morgan fingerprint density at radius 2 is 0.949 bits per heavy atom. The van der Waals surface area contributed by atoms with Crippen molar-refractivity contribution in [1.82, 2.24) is 15.0 Å². The molecule has 182 valence electrons. The number of hydrogen-bond donors (Lipinski definition) is 0. The maximum atomic E-state index is 6.30. The second-order valence-corrected chi connectivity index (χ2v) is 10.1. The quantitative estimate of drug-likeness (QED) is 0.130. The number of benzene rings is 6. The highest BCUT2D eigenvalue weighted by Gasteiger charge is 2.16. The van der Waals surface area contributed by atoms with Gasteiger partial charge in [0.15, 0.2) is 0 Å². The molecule has 0 aliphatic heterocycles. The molecule has 4 heteroatoms. The van der Waals surface area contributed by atoms with Crippen molar-refractivity contribution < 1.29 is 0 Å². The molecule has 0 N–H and O–H groups in total. The molecule has 39 heavy (non-hydrogen) atoms. The first kappa shape index (κ1) is 22.2. The van der Waals surface area contributed by atoms with E-state index in [4.69, 9.17) is 16.6 Å². The van der Waals surface area contributed by atoms with Crippen LogP contribution < -0.4 is 0 Å². The minimum Gasteiger partial charge on any atom is -0.246 e. The summed E-state index contributed by atoms with van der Waals surface area (Å²) >= 11 is 6.30. The monoisotopic (exact) mass is 517 g/mol. The van der Waals surface area contributed by atoms with Crippen LogP contribution in [-0.4, -0.2) is 15.0 Å². The largest absolute Gasteiger partial charge is 0.246 e. The maximum absolute atomic E-state index is 6.30. The van der Waals surface area contributed by atoms with Crippen LogP contribution in [-0.2, 0) is 0 Å². The van der Waals surface area contributed by atoms with E-state index in [0.717, 1.165) is 60.3 Å². The van der Waals surface area contributed by atoms with Crippen molar-refractivity contribution >= 4 is 65.9 Å². The van der Waals surface area contributed by atoms with Gasteiger partial charge in [0, 0.05) is 38.1 Å². The number of nitrogens with zero attached hydrogens (tertiary/aromatic N) is 3. The fraction of sp³-hybridized carbons (Fsp3) is 0. The lowest BCUT2D eigenvalue weighted by Crippen LogP contribution is -1.93. The van der Waals surface area contributed by atoms with Gasteiger partial charge in [-0.15, -0.1) is 0 Å². The van der Waals surface area contributed by atoms with Gasteiger partial charge < -0.3 is 0 Å². The number of aromatic nitrogens is 3. The molecule has 0 aliphatic rings. The molecular formula is C35H20ClN3. The zero-order valence-electron chi connectivity index (χ0n) is 20.8. The van der Waals surface area contributed by atoms with Gasteiger partial charge in [-0.3, -0.25) is 0 Å². The predicted octanol–water partition coefficient (Wildman–Crippen LogP) is 9.62. The first-order chi connectivity index (χ1) is 19.2. The molecule has 0 aliphatic carbocycles. The molecule has 0 saturated carbocycles. The molecule has 0 fully saturated rings. The summed E-state index contributed by atoms with van der Waals surface area (Å²) in [6.07, 6.45) is 0. The van der Waals surface area contributed by atoms with Crippen molar-refractivity contribution in [2.24, 2.45) is 0 Å². The SMILES string of the molecule is Clc1nc(-c2ccc(-c3c4ccc5ccccc5c4nc4c3ccc3ccccc34)cc2)c2ccccc2n1. The maximum Gasteiger partial charge on any atom is 0.223 e. The average molecular weight is 518 g/mol. The minimum atomic E-state index is 0.248. The molecule has 0 atom stereocenters. The standard InChI is InChI=1S/C35H20ClN3/c36-35-37-30-12-6-5-11-27(30)32(39-35)24-15-13-23(14-16-24)31-28-19-17-21-7-1-3-9-25(21)33(28)38-34-26-10-4-2-8-22(26)18-20-29(31)34/h1-20H. The van der Waals surface area contributed by atoms with Crippen LogP contribution in [0.25, 0.3) is 76.6 Å². The van der Waals surface area contributed by atoms with E-state index in [1.807, 2.05) is 24.3 Å². The van der Waals surface area contributed by atoms with Crippen molar-refractivity contribution in [3.05, 3.63) is 127 Å². The summed E-state index contributed by atoms with van der Waals surface area (Å²) in [5.41, 5.74) is 7.02. The molecule has 3 nitrogen and oxygen atoms in total. The van der Waals surface area contributed by atoms with Gasteiger partial charge in [-0.1, -0.05) is 115 Å². The highest BCUT2D eigenvalue weighted by molar-refractivity contribution is 6.29. The molecule has 0 unspecified atom stereocenters. The number of hydrogen-bond acceptors (Lipinski definition) is 3. The molecule has 2 aromatic heterocycles. The number of pyridine rings is 1. The summed E-state index contributed by atoms with van der Waals surface area (Å²) in [6, 6.07) is 42.3. The molecule has 8 aromatic rings. The Labute approximate surface area is 229 Å². The number of fused-ring (bicyclic) bond motifs is 7. The van der Waals surface area contributed by atoms with Crippen molar-refractivity contribution in [3.63, 3.8) is 0 Å². The summed E-state index contributed by atoms with van der Waals surface area (Å²) < 4.78 is 0. The first-order valence-electron chi connectivity index (χ1n) is 12.9. The lowest BCUT2D eigenvalue weighted by atomic mass is 9.92. The molecule has 6 aromatic carbocycles. The van der Waals surface area contributed by atoms with Crippen molar-refractivity contribution in [3.8, 4) is 22.4 Å². The molecule has 0 amide bonds. The van der Waals surface area contributed by atoms with Gasteiger partial charge in [-0.25, -0.2) is 15.0 Å². The molecule has 2 heterocycles. The normalized spacial score (nSPS) is 11.7. The Bertz CT molecular complexity index is 2140. The fourth-order valence-electron chi connectivity index (χ4n) is 5.79. The van der Waals surface area contributed by atoms with Crippen LogP contribution in [0.3, 0.4) is 0 Å². The number of rotatable bonds is 2. The van der Waals surface area contributed by atoms with Gasteiger partial charge >= 0.3 is 0 Å². The summed E-state index contributed by atoms with van der Waals surface area (Å²) in [4.78, 5) is 14.3. The number of halogens is 1. The highest BCUT2D eigenvalue weighted by Crippen LogP contribution is 2.40. The van der Waals surface area contributed by atoms with Crippen LogP contribution in [0.5, 0.6) is 0 Å². The third-order valence-corrected chi connectivity index (χ3v) is 7.76. The average Bonchev–Trinajstić information content (AvgIpc) is 2.99. The highest BCUT2D eigenvalue weighted by atomic mass is 35.5. The Morgan fingerprint density at radius 1 is 0.410 bits per heavy atom. The van der Waals surface area contributed by atoms with Crippen molar-refractivity contribution in [2.75, 3.05) is 0 Å². The van der Waals surface area contributed by atoms with Crippen LogP contribution in [0.4, 0.5) is 0 Å². The Morgan fingerprint density at radius 3 is 1.59 bits per heavy atom. The fourth-order valence-corrected chi connectivity index (χ4v) is 5.96. The second kappa shape index (κ2) is 8.59. The van der Waals surface area contributed by atoms with Crippen LogP contribution in [0.15, 0.2) is 121 Å². The molecule has 0 radical (unpaired) electrons. The lowest BCUT2D eigenvalue weighted by molar-refractivity contribution is 1.22. The van der Waals surface area contributed by atoms with E-state index in [1.165, 1.54) is 16.3 Å².